The number of hydrogen-bond donors (Lipinski definition) is 2. The first-order valence-electron chi connectivity index (χ1n) is 5.89. The molecular formula is C12H18F3N3. The zero-order valence-electron chi connectivity index (χ0n) is 10.5. The molecule has 0 radical (unpaired) electrons. The molecule has 1 heterocycles. The molecule has 0 saturated heterocycles. The molecule has 2 unspecified atom stereocenters. The van der Waals surface area contributed by atoms with E-state index in [0.717, 1.165) is 25.1 Å². The molecule has 3 N–H and O–H groups in total. The van der Waals surface area contributed by atoms with Gasteiger partial charge in [0, 0.05) is 18.0 Å². The van der Waals surface area contributed by atoms with Crippen LogP contribution in [-0.4, -0.2) is 4.98 Å². The number of aromatic nitrogens is 1. The minimum absolute atomic E-state index is 0.00491. The normalized spacial score (nSPS) is 15.4. The van der Waals surface area contributed by atoms with Gasteiger partial charge in [0.1, 0.15) is 0 Å². The third-order valence-corrected chi connectivity index (χ3v) is 2.98. The van der Waals surface area contributed by atoms with Crippen LogP contribution in [0.2, 0.25) is 0 Å². The van der Waals surface area contributed by atoms with E-state index in [2.05, 4.69) is 10.4 Å². The van der Waals surface area contributed by atoms with E-state index in [1.54, 1.807) is 0 Å². The van der Waals surface area contributed by atoms with E-state index >= 15 is 0 Å². The Kier molecular flexibility index (Phi) is 5.10. The molecule has 0 amide bonds. The van der Waals surface area contributed by atoms with Crippen LogP contribution in [-0.2, 0) is 6.18 Å². The first-order chi connectivity index (χ1) is 8.41. The van der Waals surface area contributed by atoms with Crippen LogP contribution in [0.5, 0.6) is 0 Å². The molecule has 0 aliphatic carbocycles. The van der Waals surface area contributed by atoms with Crippen molar-refractivity contribution in [1.82, 2.24) is 10.4 Å². The Morgan fingerprint density at radius 3 is 2.61 bits per heavy atom. The summed E-state index contributed by atoms with van der Waals surface area (Å²) in [5, 5.41) is 0. The summed E-state index contributed by atoms with van der Waals surface area (Å²) in [4.78, 5) is 3.77. The quantitative estimate of drug-likeness (QED) is 0.632. The van der Waals surface area contributed by atoms with Crippen molar-refractivity contribution < 1.29 is 13.2 Å². The largest absolute Gasteiger partial charge is 0.416 e. The number of hydrazine groups is 1. The van der Waals surface area contributed by atoms with E-state index in [9.17, 15) is 13.2 Å². The van der Waals surface area contributed by atoms with Crippen molar-refractivity contribution in [3.63, 3.8) is 0 Å². The number of hydrogen-bond acceptors (Lipinski definition) is 3. The van der Waals surface area contributed by atoms with E-state index in [0.29, 0.717) is 0 Å². The Labute approximate surface area is 105 Å². The number of nitrogens with two attached hydrogens (primary N) is 1. The van der Waals surface area contributed by atoms with Crippen molar-refractivity contribution in [3.8, 4) is 0 Å². The van der Waals surface area contributed by atoms with Gasteiger partial charge in [-0.15, -0.1) is 0 Å². The van der Waals surface area contributed by atoms with Crippen LogP contribution in [0.3, 0.4) is 0 Å². The lowest BCUT2D eigenvalue weighted by atomic mass is 9.90. The molecule has 0 spiro atoms. The van der Waals surface area contributed by atoms with Crippen LogP contribution in [0.4, 0.5) is 13.2 Å². The molecule has 0 bridgehead atoms. The Balaban J connectivity index is 3.13. The van der Waals surface area contributed by atoms with Gasteiger partial charge in [-0.1, -0.05) is 20.3 Å². The van der Waals surface area contributed by atoms with Gasteiger partial charge in [-0.05, 0) is 18.4 Å². The summed E-state index contributed by atoms with van der Waals surface area (Å²) in [6, 6.07) is 0.438. The molecule has 1 aromatic heterocycles. The highest BCUT2D eigenvalue weighted by molar-refractivity contribution is 5.29. The van der Waals surface area contributed by atoms with Gasteiger partial charge in [0.25, 0.3) is 0 Å². The average molecular weight is 261 g/mol. The maximum atomic E-state index is 12.9. The third kappa shape index (κ3) is 3.43. The van der Waals surface area contributed by atoms with E-state index in [4.69, 9.17) is 5.84 Å². The predicted molar refractivity (Wildman–Crippen MR) is 63.4 cm³/mol. The fraction of sp³-hybridized carbons (Fsp3) is 0.583. The topological polar surface area (TPSA) is 50.9 Å². The summed E-state index contributed by atoms with van der Waals surface area (Å²) >= 11 is 0. The number of halogens is 3. The van der Waals surface area contributed by atoms with Crippen LogP contribution in [0.1, 0.15) is 43.9 Å². The number of pyridine rings is 1. The predicted octanol–water partition coefficient (Wildman–Crippen LogP) is 3.04. The lowest BCUT2D eigenvalue weighted by Gasteiger charge is -2.25. The van der Waals surface area contributed by atoms with Gasteiger partial charge in [-0.25, -0.2) is 0 Å². The van der Waals surface area contributed by atoms with Crippen LogP contribution in [0, 0.1) is 5.92 Å². The smallest absolute Gasteiger partial charge is 0.271 e. The maximum Gasteiger partial charge on any atom is 0.416 e. The van der Waals surface area contributed by atoms with E-state index < -0.39 is 17.8 Å². The third-order valence-electron chi connectivity index (χ3n) is 2.98. The van der Waals surface area contributed by atoms with E-state index in [1.165, 1.54) is 6.20 Å². The molecule has 6 heteroatoms. The lowest BCUT2D eigenvalue weighted by molar-refractivity contribution is -0.138. The molecule has 18 heavy (non-hydrogen) atoms. The van der Waals surface area contributed by atoms with Gasteiger partial charge in [0.05, 0.1) is 11.6 Å². The maximum absolute atomic E-state index is 12.9. The second-order valence-corrected chi connectivity index (χ2v) is 4.37. The molecule has 0 aliphatic rings. The van der Waals surface area contributed by atoms with Crippen LogP contribution in [0.15, 0.2) is 18.5 Å². The van der Waals surface area contributed by atoms with Gasteiger partial charge in [0.15, 0.2) is 0 Å². The first kappa shape index (κ1) is 14.9. The number of alkyl halides is 3. The van der Waals surface area contributed by atoms with Crippen LogP contribution >= 0.6 is 0 Å². The number of nitrogens with one attached hydrogen (secondary N) is 1. The van der Waals surface area contributed by atoms with Crippen LogP contribution in [0.25, 0.3) is 0 Å². The van der Waals surface area contributed by atoms with Crippen molar-refractivity contribution in [2.45, 2.75) is 38.9 Å². The molecule has 0 saturated carbocycles. The highest BCUT2D eigenvalue weighted by atomic mass is 19.4. The zero-order chi connectivity index (χ0) is 13.8. The van der Waals surface area contributed by atoms with Crippen molar-refractivity contribution in [2.75, 3.05) is 0 Å². The van der Waals surface area contributed by atoms with Crippen molar-refractivity contribution in [2.24, 2.45) is 11.8 Å². The Morgan fingerprint density at radius 2 is 2.11 bits per heavy atom. The molecule has 1 rings (SSSR count). The van der Waals surface area contributed by atoms with Gasteiger partial charge < -0.3 is 0 Å². The zero-order valence-corrected chi connectivity index (χ0v) is 10.5. The summed E-state index contributed by atoms with van der Waals surface area (Å²) in [5.41, 5.74) is 1.90. The number of rotatable bonds is 5. The van der Waals surface area contributed by atoms with E-state index in [1.807, 2.05) is 13.8 Å². The minimum Gasteiger partial charge on any atom is -0.271 e. The van der Waals surface area contributed by atoms with Crippen molar-refractivity contribution >= 4 is 0 Å². The standard InChI is InChI=1S/C12H18F3N3/c1-3-4-8(2)11(18-16)9-7-17-6-5-10(9)12(13,14)15/h5-8,11,18H,3-4,16H2,1-2H3. The molecule has 3 nitrogen and oxygen atoms in total. The molecule has 102 valence electrons. The van der Waals surface area contributed by atoms with Gasteiger partial charge >= 0.3 is 6.18 Å². The second kappa shape index (κ2) is 6.15. The fourth-order valence-electron chi connectivity index (χ4n) is 2.10. The van der Waals surface area contributed by atoms with Crippen molar-refractivity contribution in [1.29, 1.82) is 0 Å². The second-order valence-electron chi connectivity index (χ2n) is 4.37. The summed E-state index contributed by atoms with van der Waals surface area (Å²) < 4.78 is 38.7. The SMILES string of the molecule is CCCC(C)C(NN)c1cnccc1C(F)(F)F. The Hall–Kier alpha value is -1.14. The van der Waals surface area contributed by atoms with Gasteiger partial charge in [-0.2, -0.15) is 13.2 Å². The summed E-state index contributed by atoms with van der Waals surface area (Å²) in [7, 11) is 0. The van der Waals surface area contributed by atoms with Crippen molar-refractivity contribution in [3.05, 3.63) is 29.6 Å². The highest BCUT2D eigenvalue weighted by Crippen LogP contribution is 2.36. The molecule has 0 aromatic carbocycles. The molecular weight excluding hydrogens is 243 g/mol. The van der Waals surface area contributed by atoms with Gasteiger partial charge in [0.2, 0.25) is 0 Å². The Bertz CT molecular complexity index is 379. The molecule has 2 atom stereocenters. The number of nitrogens with zero attached hydrogens (tertiary/aromatic N) is 1. The highest BCUT2D eigenvalue weighted by Gasteiger charge is 2.36. The molecule has 1 aromatic rings. The van der Waals surface area contributed by atoms with Gasteiger partial charge in [-0.3, -0.25) is 16.3 Å². The van der Waals surface area contributed by atoms with Crippen LogP contribution < -0.4 is 11.3 Å². The minimum atomic E-state index is -4.39. The summed E-state index contributed by atoms with van der Waals surface area (Å²) in [5.74, 6) is 5.41. The summed E-state index contributed by atoms with van der Waals surface area (Å²) in [6.45, 7) is 3.86. The monoisotopic (exact) mass is 261 g/mol. The molecule has 0 fully saturated rings. The van der Waals surface area contributed by atoms with E-state index in [-0.39, 0.29) is 11.5 Å². The Morgan fingerprint density at radius 1 is 1.44 bits per heavy atom. The lowest BCUT2D eigenvalue weighted by Crippen LogP contribution is -2.34. The first-order valence-corrected chi connectivity index (χ1v) is 5.89. The fourth-order valence-corrected chi connectivity index (χ4v) is 2.10. The molecule has 0 aliphatic heterocycles. The average Bonchev–Trinajstić information content (AvgIpc) is 2.29. The summed E-state index contributed by atoms with van der Waals surface area (Å²) in [6.07, 6.45) is -0.328.